The van der Waals surface area contributed by atoms with Gasteiger partial charge in [-0.2, -0.15) is 0 Å². The second-order valence-corrected chi connectivity index (χ2v) is 6.37. The Kier molecular flexibility index (Phi) is 4.90. The minimum absolute atomic E-state index is 0.0384. The van der Waals surface area contributed by atoms with Gasteiger partial charge in [-0.05, 0) is 43.4 Å². The summed E-state index contributed by atoms with van der Waals surface area (Å²) >= 11 is 5.76. The highest BCUT2D eigenvalue weighted by atomic mass is 35.5. The number of H-pyrrole nitrogens is 1. The van der Waals surface area contributed by atoms with Crippen LogP contribution in [0.4, 0.5) is 0 Å². The molecule has 1 aliphatic carbocycles. The summed E-state index contributed by atoms with van der Waals surface area (Å²) in [4.78, 5) is 27.0. The fraction of sp³-hybridized carbons (Fsp3) is 0.333. The highest BCUT2D eigenvalue weighted by molar-refractivity contribution is 6.30. The van der Waals surface area contributed by atoms with E-state index < -0.39 is 12.1 Å². The van der Waals surface area contributed by atoms with E-state index in [9.17, 15) is 9.59 Å². The first-order valence-electron chi connectivity index (χ1n) is 7.97. The highest BCUT2D eigenvalue weighted by Gasteiger charge is 2.25. The van der Waals surface area contributed by atoms with E-state index in [0.29, 0.717) is 5.02 Å². The van der Waals surface area contributed by atoms with E-state index in [1.807, 2.05) is 18.2 Å². The van der Waals surface area contributed by atoms with Crippen molar-refractivity contribution in [3.63, 3.8) is 0 Å². The molecule has 2 atom stereocenters. The first kappa shape index (κ1) is 16.6. The van der Waals surface area contributed by atoms with E-state index in [4.69, 9.17) is 16.3 Å². The van der Waals surface area contributed by atoms with Crippen LogP contribution in [-0.4, -0.2) is 23.0 Å². The summed E-state index contributed by atoms with van der Waals surface area (Å²) in [5.41, 5.74) is 2.63. The average molecular weight is 347 g/mol. The molecule has 0 fully saturated rings. The Bertz CT molecular complexity index is 756. The second-order valence-electron chi connectivity index (χ2n) is 5.93. The van der Waals surface area contributed by atoms with Crippen molar-refractivity contribution in [2.75, 3.05) is 0 Å². The number of fused-ring (bicyclic) bond motifs is 1. The van der Waals surface area contributed by atoms with Crippen LogP contribution in [0.25, 0.3) is 0 Å². The molecule has 1 aromatic carbocycles. The second kappa shape index (κ2) is 7.09. The van der Waals surface area contributed by atoms with Crippen molar-refractivity contribution < 1.29 is 14.3 Å². The average Bonchev–Trinajstić information content (AvgIpc) is 3.01. The third kappa shape index (κ3) is 3.62. The SMILES string of the molecule is CC(OC(=O)c1cc(Cl)c[nH]1)C(=O)NC1CCCc2ccccc21. The Morgan fingerprint density at radius 3 is 2.92 bits per heavy atom. The van der Waals surface area contributed by atoms with Crippen LogP contribution in [0.1, 0.15) is 47.4 Å². The maximum Gasteiger partial charge on any atom is 0.355 e. The van der Waals surface area contributed by atoms with Crippen molar-refractivity contribution in [3.05, 3.63) is 58.4 Å². The monoisotopic (exact) mass is 346 g/mol. The van der Waals surface area contributed by atoms with Crippen LogP contribution in [0, 0.1) is 0 Å². The van der Waals surface area contributed by atoms with Crippen molar-refractivity contribution in [2.24, 2.45) is 0 Å². The van der Waals surface area contributed by atoms with Gasteiger partial charge in [0.05, 0.1) is 11.1 Å². The Hall–Kier alpha value is -2.27. The zero-order chi connectivity index (χ0) is 17.1. The number of hydrogen-bond donors (Lipinski definition) is 2. The van der Waals surface area contributed by atoms with E-state index in [-0.39, 0.29) is 17.6 Å². The maximum absolute atomic E-state index is 12.4. The number of carbonyl (C=O) groups is 2. The molecule has 0 saturated heterocycles. The predicted octanol–water partition coefficient (Wildman–Crippen LogP) is 3.41. The number of esters is 1. The predicted molar refractivity (Wildman–Crippen MR) is 90.9 cm³/mol. The van der Waals surface area contributed by atoms with Crippen molar-refractivity contribution in [1.82, 2.24) is 10.3 Å². The smallest absolute Gasteiger partial charge is 0.355 e. The molecule has 1 aliphatic rings. The van der Waals surface area contributed by atoms with Crippen molar-refractivity contribution in [3.8, 4) is 0 Å². The molecule has 2 aromatic rings. The molecule has 6 heteroatoms. The van der Waals surface area contributed by atoms with Gasteiger partial charge in [0.1, 0.15) is 5.69 Å². The van der Waals surface area contributed by atoms with Gasteiger partial charge in [0.15, 0.2) is 6.10 Å². The number of ether oxygens (including phenoxy) is 1. The molecular weight excluding hydrogens is 328 g/mol. The molecule has 5 nitrogen and oxygen atoms in total. The molecule has 24 heavy (non-hydrogen) atoms. The number of aromatic nitrogens is 1. The molecule has 0 bridgehead atoms. The molecule has 126 valence electrons. The van der Waals surface area contributed by atoms with Crippen molar-refractivity contribution >= 4 is 23.5 Å². The summed E-state index contributed by atoms with van der Waals surface area (Å²) in [6.07, 6.45) is 3.54. The molecule has 1 amide bonds. The van der Waals surface area contributed by atoms with Crippen molar-refractivity contribution in [1.29, 1.82) is 0 Å². The number of hydrogen-bond acceptors (Lipinski definition) is 3. The van der Waals surface area contributed by atoms with E-state index in [1.165, 1.54) is 17.8 Å². The minimum atomic E-state index is -0.881. The van der Waals surface area contributed by atoms with Gasteiger partial charge >= 0.3 is 5.97 Å². The molecule has 0 radical (unpaired) electrons. The number of aromatic amines is 1. The normalized spacial score (nSPS) is 17.7. The fourth-order valence-electron chi connectivity index (χ4n) is 2.96. The summed E-state index contributed by atoms with van der Waals surface area (Å²) in [5, 5.41) is 3.40. The van der Waals surface area contributed by atoms with E-state index in [1.54, 1.807) is 6.92 Å². The molecule has 2 N–H and O–H groups in total. The lowest BCUT2D eigenvalue weighted by Gasteiger charge is -2.27. The number of amides is 1. The van der Waals surface area contributed by atoms with Crippen LogP contribution < -0.4 is 5.32 Å². The number of carbonyl (C=O) groups excluding carboxylic acids is 2. The summed E-state index contributed by atoms with van der Waals surface area (Å²) in [7, 11) is 0. The van der Waals surface area contributed by atoms with Gasteiger partial charge in [0, 0.05) is 6.20 Å². The third-order valence-electron chi connectivity index (χ3n) is 4.21. The van der Waals surface area contributed by atoms with Gasteiger partial charge in [-0.15, -0.1) is 0 Å². The topological polar surface area (TPSA) is 71.2 Å². The summed E-state index contributed by atoms with van der Waals surface area (Å²) in [5.74, 6) is -0.906. The lowest BCUT2D eigenvalue weighted by atomic mass is 9.87. The van der Waals surface area contributed by atoms with Gasteiger partial charge in [0.25, 0.3) is 5.91 Å². The van der Waals surface area contributed by atoms with Gasteiger partial charge in [-0.1, -0.05) is 35.9 Å². The summed E-state index contributed by atoms with van der Waals surface area (Å²) in [6, 6.07) is 9.54. The Morgan fingerprint density at radius 1 is 1.38 bits per heavy atom. The van der Waals surface area contributed by atoms with Crippen LogP contribution >= 0.6 is 11.6 Å². The number of rotatable bonds is 4. The van der Waals surface area contributed by atoms with Gasteiger partial charge in [-0.25, -0.2) is 4.79 Å². The number of nitrogens with one attached hydrogen (secondary N) is 2. The molecule has 0 spiro atoms. The molecule has 1 heterocycles. The molecule has 3 rings (SSSR count). The zero-order valence-corrected chi connectivity index (χ0v) is 14.1. The van der Waals surface area contributed by atoms with Gasteiger partial charge in [0.2, 0.25) is 0 Å². The molecule has 1 aromatic heterocycles. The zero-order valence-electron chi connectivity index (χ0n) is 13.3. The van der Waals surface area contributed by atoms with E-state index in [2.05, 4.69) is 16.4 Å². The van der Waals surface area contributed by atoms with E-state index in [0.717, 1.165) is 24.8 Å². The quantitative estimate of drug-likeness (QED) is 0.833. The van der Waals surface area contributed by atoms with Crippen LogP contribution in [0.3, 0.4) is 0 Å². The van der Waals surface area contributed by atoms with Crippen LogP contribution in [0.2, 0.25) is 5.02 Å². The molecule has 0 aliphatic heterocycles. The lowest BCUT2D eigenvalue weighted by molar-refractivity contribution is -0.130. The Balaban J connectivity index is 1.62. The fourth-order valence-corrected chi connectivity index (χ4v) is 3.12. The minimum Gasteiger partial charge on any atom is -0.448 e. The van der Waals surface area contributed by atoms with E-state index >= 15 is 0 Å². The van der Waals surface area contributed by atoms with Gasteiger partial charge < -0.3 is 15.0 Å². The number of halogens is 1. The number of benzene rings is 1. The highest BCUT2D eigenvalue weighted by Crippen LogP contribution is 2.29. The molecule has 2 unspecified atom stereocenters. The van der Waals surface area contributed by atoms with Crippen LogP contribution in [0.15, 0.2) is 36.5 Å². The first-order chi connectivity index (χ1) is 11.5. The van der Waals surface area contributed by atoms with Crippen LogP contribution in [-0.2, 0) is 16.0 Å². The molecular formula is C18H19ClN2O3. The largest absolute Gasteiger partial charge is 0.448 e. The third-order valence-corrected chi connectivity index (χ3v) is 4.42. The standard InChI is InChI=1S/C18H19ClN2O3/c1-11(24-18(23)16-9-13(19)10-20-16)17(22)21-15-8-4-6-12-5-2-3-7-14(12)15/h2-3,5,7,9-11,15,20H,4,6,8H2,1H3,(H,21,22). The lowest BCUT2D eigenvalue weighted by Crippen LogP contribution is -2.39. The Labute approximate surface area is 145 Å². The van der Waals surface area contributed by atoms with Crippen molar-refractivity contribution in [2.45, 2.75) is 38.3 Å². The number of aryl methyl sites for hydroxylation is 1. The van der Waals surface area contributed by atoms with Gasteiger partial charge in [-0.3, -0.25) is 4.79 Å². The van der Waals surface area contributed by atoms with Crippen LogP contribution in [0.5, 0.6) is 0 Å². The molecule has 0 saturated carbocycles. The summed E-state index contributed by atoms with van der Waals surface area (Å²) < 4.78 is 5.20. The maximum atomic E-state index is 12.4. The Morgan fingerprint density at radius 2 is 2.17 bits per heavy atom. The first-order valence-corrected chi connectivity index (χ1v) is 8.35. The summed E-state index contributed by atoms with van der Waals surface area (Å²) in [6.45, 7) is 1.56.